The Bertz CT molecular complexity index is 534. The number of ether oxygens (including phenoxy) is 1. The molecule has 0 unspecified atom stereocenters. The second-order valence-electron chi connectivity index (χ2n) is 4.32. The third-order valence-corrected chi connectivity index (χ3v) is 4.76. The van der Waals surface area contributed by atoms with Gasteiger partial charge in [0.15, 0.2) is 11.6 Å². The number of hydrazine groups is 1. The first-order chi connectivity index (χ1) is 9.05. The fraction of sp³-hybridized carbons (Fsp3) is 0.600. The zero-order valence-corrected chi connectivity index (χ0v) is 11.4. The molecule has 2 rings (SSSR count). The Labute approximate surface area is 111 Å². The van der Waals surface area contributed by atoms with Gasteiger partial charge in [0, 0.05) is 6.04 Å². The van der Waals surface area contributed by atoms with E-state index in [0.29, 0.717) is 30.2 Å². The van der Waals surface area contributed by atoms with E-state index in [1.54, 1.807) is 0 Å². The molecule has 1 fully saturated rings. The molecular formula is C10H17N5O3S. The van der Waals surface area contributed by atoms with Crippen LogP contribution in [0, 0.1) is 0 Å². The quantitative estimate of drug-likeness (QED) is 0.513. The minimum absolute atomic E-state index is 0.0537. The molecule has 2 heterocycles. The average molecular weight is 287 g/mol. The molecule has 0 bridgehead atoms. The number of nitrogen functional groups attached to an aromatic ring is 1. The smallest absolute Gasteiger partial charge is 0.205 e. The third-order valence-electron chi connectivity index (χ3n) is 3.04. The highest BCUT2D eigenvalue weighted by Gasteiger charge is 2.25. The molecule has 0 saturated carbocycles. The monoisotopic (exact) mass is 287 g/mol. The summed E-state index contributed by atoms with van der Waals surface area (Å²) in [4.78, 5) is 8.03. The van der Waals surface area contributed by atoms with Crippen LogP contribution in [0.15, 0.2) is 6.33 Å². The van der Waals surface area contributed by atoms with Crippen molar-refractivity contribution < 1.29 is 13.2 Å². The zero-order chi connectivity index (χ0) is 13.9. The number of sulfone groups is 1. The molecule has 9 heteroatoms. The number of methoxy groups -OCH3 is 1. The molecule has 0 atom stereocenters. The molecule has 0 radical (unpaired) electrons. The van der Waals surface area contributed by atoms with Gasteiger partial charge in [0.05, 0.1) is 18.6 Å². The van der Waals surface area contributed by atoms with Crippen LogP contribution in [0.1, 0.15) is 12.8 Å². The first-order valence-corrected chi connectivity index (χ1v) is 7.70. The van der Waals surface area contributed by atoms with Crippen molar-refractivity contribution in [1.29, 1.82) is 0 Å². The third kappa shape index (κ3) is 3.24. The van der Waals surface area contributed by atoms with E-state index >= 15 is 0 Å². The summed E-state index contributed by atoms with van der Waals surface area (Å²) in [6, 6.07) is 0.0537. The van der Waals surface area contributed by atoms with Gasteiger partial charge in [0.2, 0.25) is 5.75 Å². The summed E-state index contributed by atoms with van der Waals surface area (Å²) >= 11 is 0. The Morgan fingerprint density at radius 1 is 1.32 bits per heavy atom. The van der Waals surface area contributed by atoms with Crippen molar-refractivity contribution >= 4 is 21.5 Å². The van der Waals surface area contributed by atoms with Crippen LogP contribution in [0.25, 0.3) is 0 Å². The summed E-state index contributed by atoms with van der Waals surface area (Å²) in [5.41, 5.74) is 2.43. The maximum absolute atomic E-state index is 11.4. The summed E-state index contributed by atoms with van der Waals surface area (Å²) in [5.74, 6) is 7.03. The summed E-state index contributed by atoms with van der Waals surface area (Å²) in [6.07, 6.45) is 2.47. The van der Waals surface area contributed by atoms with E-state index in [2.05, 4.69) is 20.7 Å². The van der Waals surface area contributed by atoms with E-state index in [9.17, 15) is 8.42 Å². The van der Waals surface area contributed by atoms with Crippen molar-refractivity contribution in [3.8, 4) is 5.75 Å². The van der Waals surface area contributed by atoms with Crippen molar-refractivity contribution in [2.75, 3.05) is 29.4 Å². The molecule has 8 nitrogen and oxygen atoms in total. The normalized spacial score (nSPS) is 18.8. The second kappa shape index (κ2) is 5.57. The molecule has 106 valence electrons. The number of hydrogen-bond donors (Lipinski definition) is 3. The van der Waals surface area contributed by atoms with Crippen molar-refractivity contribution in [3.63, 3.8) is 0 Å². The van der Waals surface area contributed by atoms with Gasteiger partial charge in [-0.1, -0.05) is 0 Å². The molecular weight excluding hydrogens is 270 g/mol. The van der Waals surface area contributed by atoms with Gasteiger partial charge in [-0.2, -0.15) is 0 Å². The molecule has 0 amide bonds. The number of anilines is 2. The Morgan fingerprint density at radius 3 is 2.53 bits per heavy atom. The van der Waals surface area contributed by atoms with Crippen LogP contribution in [0.5, 0.6) is 5.75 Å². The summed E-state index contributed by atoms with van der Waals surface area (Å²) in [7, 11) is -1.38. The van der Waals surface area contributed by atoms with Crippen LogP contribution in [0.3, 0.4) is 0 Å². The SMILES string of the molecule is COc1c(NN)ncnc1NC1CCS(=O)(=O)CC1. The lowest BCUT2D eigenvalue weighted by Crippen LogP contribution is -2.32. The predicted octanol–water partition coefficient (Wildman–Crippen LogP) is -0.240. The predicted molar refractivity (Wildman–Crippen MR) is 71.7 cm³/mol. The van der Waals surface area contributed by atoms with Gasteiger partial charge in [-0.3, -0.25) is 0 Å². The van der Waals surface area contributed by atoms with Crippen LogP contribution in [-0.4, -0.2) is 43.0 Å². The van der Waals surface area contributed by atoms with Crippen LogP contribution in [0.4, 0.5) is 11.6 Å². The Hall–Kier alpha value is -1.61. The lowest BCUT2D eigenvalue weighted by molar-refractivity contribution is 0.413. The Morgan fingerprint density at radius 2 is 1.95 bits per heavy atom. The van der Waals surface area contributed by atoms with E-state index in [1.165, 1.54) is 13.4 Å². The van der Waals surface area contributed by atoms with Gasteiger partial charge in [0.25, 0.3) is 0 Å². The van der Waals surface area contributed by atoms with E-state index in [4.69, 9.17) is 10.6 Å². The van der Waals surface area contributed by atoms with Crippen molar-refractivity contribution in [3.05, 3.63) is 6.33 Å². The highest BCUT2D eigenvalue weighted by atomic mass is 32.2. The lowest BCUT2D eigenvalue weighted by Gasteiger charge is -2.24. The highest BCUT2D eigenvalue weighted by molar-refractivity contribution is 7.91. The van der Waals surface area contributed by atoms with Gasteiger partial charge < -0.3 is 15.5 Å². The molecule has 1 aromatic heterocycles. The number of nitrogens with two attached hydrogens (primary N) is 1. The highest BCUT2D eigenvalue weighted by Crippen LogP contribution is 2.29. The largest absolute Gasteiger partial charge is 0.490 e. The number of hydrogen-bond acceptors (Lipinski definition) is 8. The maximum atomic E-state index is 11.4. The van der Waals surface area contributed by atoms with E-state index in [0.717, 1.165) is 0 Å². The molecule has 0 aromatic carbocycles. The summed E-state index contributed by atoms with van der Waals surface area (Å²) in [6.45, 7) is 0. The van der Waals surface area contributed by atoms with E-state index < -0.39 is 9.84 Å². The summed E-state index contributed by atoms with van der Waals surface area (Å²) < 4.78 is 27.9. The van der Waals surface area contributed by atoms with Crippen molar-refractivity contribution in [2.24, 2.45) is 5.84 Å². The van der Waals surface area contributed by atoms with Crippen LogP contribution >= 0.6 is 0 Å². The Balaban J connectivity index is 2.11. The molecule has 19 heavy (non-hydrogen) atoms. The van der Waals surface area contributed by atoms with Gasteiger partial charge in [-0.25, -0.2) is 24.2 Å². The molecule has 1 aliphatic heterocycles. The van der Waals surface area contributed by atoms with Crippen LogP contribution in [-0.2, 0) is 9.84 Å². The molecule has 1 aromatic rings. The van der Waals surface area contributed by atoms with Gasteiger partial charge in [-0.15, -0.1) is 0 Å². The molecule has 1 saturated heterocycles. The summed E-state index contributed by atoms with van der Waals surface area (Å²) in [5, 5.41) is 3.18. The van der Waals surface area contributed by atoms with E-state index in [1.807, 2.05) is 0 Å². The molecule has 0 spiro atoms. The standard InChI is InChI=1S/C10H17N5O3S/c1-18-8-9(12-6-13-10(8)15-11)14-7-2-4-19(16,17)5-3-7/h6-7H,2-5,11H2,1H3,(H2,12,13,14,15). The molecule has 4 N–H and O–H groups in total. The van der Waals surface area contributed by atoms with Gasteiger partial charge in [-0.05, 0) is 12.8 Å². The van der Waals surface area contributed by atoms with Crippen molar-refractivity contribution in [2.45, 2.75) is 18.9 Å². The number of rotatable bonds is 4. The number of nitrogens with one attached hydrogen (secondary N) is 2. The van der Waals surface area contributed by atoms with Gasteiger partial charge in [0.1, 0.15) is 16.2 Å². The van der Waals surface area contributed by atoms with Crippen molar-refractivity contribution in [1.82, 2.24) is 9.97 Å². The van der Waals surface area contributed by atoms with Crippen LogP contribution < -0.4 is 21.3 Å². The lowest BCUT2D eigenvalue weighted by atomic mass is 10.1. The van der Waals surface area contributed by atoms with Gasteiger partial charge >= 0.3 is 0 Å². The minimum Gasteiger partial charge on any atom is -0.490 e. The fourth-order valence-electron chi connectivity index (χ4n) is 2.00. The fourth-order valence-corrected chi connectivity index (χ4v) is 3.49. The maximum Gasteiger partial charge on any atom is 0.205 e. The number of nitrogens with zero attached hydrogens (tertiary/aromatic N) is 2. The second-order valence-corrected chi connectivity index (χ2v) is 6.62. The molecule has 1 aliphatic rings. The zero-order valence-electron chi connectivity index (χ0n) is 10.6. The molecule has 0 aliphatic carbocycles. The average Bonchev–Trinajstić information content (AvgIpc) is 2.40. The van der Waals surface area contributed by atoms with E-state index in [-0.39, 0.29) is 17.5 Å². The minimum atomic E-state index is -2.87. The Kier molecular flexibility index (Phi) is 4.05. The topological polar surface area (TPSA) is 119 Å². The first-order valence-electron chi connectivity index (χ1n) is 5.88. The number of aromatic nitrogens is 2. The van der Waals surface area contributed by atoms with Crippen LogP contribution in [0.2, 0.25) is 0 Å². The first kappa shape index (κ1) is 13.8.